The zero-order chi connectivity index (χ0) is 12.7. The number of nitrogens with zero attached hydrogens (tertiary/aromatic N) is 1. The molecule has 0 spiro atoms. The zero-order valence-corrected chi connectivity index (χ0v) is 10.1. The van der Waals surface area contributed by atoms with Gasteiger partial charge in [-0.05, 0) is 30.5 Å². The standard InChI is InChI=1S/C14H17NO2/c1-2-3-4-5-6-11-7-8-13(14(16)17)12(9-11)10-15/h7-9H,2-6H2,1H3,(H,16,17). The van der Waals surface area contributed by atoms with E-state index in [2.05, 4.69) is 6.92 Å². The SMILES string of the molecule is CCCCCCc1ccc(C(=O)O)c(C#N)c1. The van der Waals surface area contributed by atoms with Crippen molar-refractivity contribution in [2.75, 3.05) is 0 Å². The fourth-order valence-electron chi connectivity index (χ4n) is 1.78. The highest BCUT2D eigenvalue weighted by Gasteiger charge is 2.09. The molecule has 0 saturated heterocycles. The quantitative estimate of drug-likeness (QED) is 0.763. The Morgan fingerprint density at radius 3 is 2.71 bits per heavy atom. The van der Waals surface area contributed by atoms with E-state index in [-0.39, 0.29) is 11.1 Å². The first-order valence-electron chi connectivity index (χ1n) is 5.95. The Balaban J connectivity index is 2.70. The molecule has 3 nitrogen and oxygen atoms in total. The van der Waals surface area contributed by atoms with Crippen LogP contribution in [0.15, 0.2) is 18.2 Å². The highest BCUT2D eigenvalue weighted by atomic mass is 16.4. The minimum atomic E-state index is -1.04. The van der Waals surface area contributed by atoms with E-state index in [1.165, 1.54) is 25.3 Å². The summed E-state index contributed by atoms with van der Waals surface area (Å²) in [5, 5.41) is 17.8. The van der Waals surface area contributed by atoms with Crippen LogP contribution < -0.4 is 0 Å². The van der Waals surface area contributed by atoms with Crippen LogP contribution in [-0.4, -0.2) is 11.1 Å². The second-order valence-electron chi connectivity index (χ2n) is 4.11. The van der Waals surface area contributed by atoms with Crippen molar-refractivity contribution in [2.45, 2.75) is 39.0 Å². The second-order valence-corrected chi connectivity index (χ2v) is 4.11. The van der Waals surface area contributed by atoms with Gasteiger partial charge < -0.3 is 5.11 Å². The van der Waals surface area contributed by atoms with E-state index in [1.54, 1.807) is 12.1 Å². The molecule has 1 aromatic carbocycles. The summed E-state index contributed by atoms with van der Waals surface area (Å²) >= 11 is 0. The topological polar surface area (TPSA) is 61.1 Å². The molecule has 1 aromatic rings. The van der Waals surface area contributed by atoms with Crippen molar-refractivity contribution in [1.29, 1.82) is 5.26 Å². The van der Waals surface area contributed by atoms with Crippen molar-refractivity contribution >= 4 is 5.97 Å². The number of rotatable bonds is 6. The maximum atomic E-state index is 10.8. The van der Waals surface area contributed by atoms with Gasteiger partial charge in [0.25, 0.3) is 0 Å². The average Bonchev–Trinajstić information content (AvgIpc) is 2.34. The largest absolute Gasteiger partial charge is 0.478 e. The number of hydrogen-bond acceptors (Lipinski definition) is 2. The molecule has 1 N–H and O–H groups in total. The van der Waals surface area contributed by atoms with Crippen molar-refractivity contribution in [1.82, 2.24) is 0 Å². The van der Waals surface area contributed by atoms with Crippen molar-refractivity contribution < 1.29 is 9.90 Å². The van der Waals surface area contributed by atoms with Gasteiger partial charge in [0, 0.05) is 0 Å². The molecule has 0 amide bonds. The molecule has 0 unspecified atom stereocenters. The van der Waals surface area contributed by atoms with E-state index >= 15 is 0 Å². The molecule has 0 heterocycles. The Hall–Kier alpha value is -1.82. The zero-order valence-electron chi connectivity index (χ0n) is 10.1. The molecule has 0 aliphatic carbocycles. The number of benzene rings is 1. The molecule has 3 heteroatoms. The van der Waals surface area contributed by atoms with Crippen LogP contribution in [-0.2, 0) is 6.42 Å². The maximum Gasteiger partial charge on any atom is 0.337 e. The lowest BCUT2D eigenvalue weighted by atomic mass is 10.0. The van der Waals surface area contributed by atoms with Crippen molar-refractivity contribution in [2.24, 2.45) is 0 Å². The molecule has 90 valence electrons. The molecule has 17 heavy (non-hydrogen) atoms. The van der Waals surface area contributed by atoms with Crippen LogP contribution in [0.25, 0.3) is 0 Å². The first-order valence-corrected chi connectivity index (χ1v) is 5.95. The van der Waals surface area contributed by atoms with E-state index in [0.717, 1.165) is 18.4 Å². The van der Waals surface area contributed by atoms with Gasteiger partial charge in [-0.25, -0.2) is 4.79 Å². The number of aromatic carboxylic acids is 1. The molecule has 1 rings (SSSR count). The average molecular weight is 231 g/mol. The van der Waals surface area contributed by atoms with E-state index in [9.17, 15) is 4.79 Å². The van der Waals surface area contributed by atoms with Crippen LogP contribution in [0.3, 0.4) is 0 Å². The molecular weight excluding hydrogens is 214 g/mol. The van der Waals surface area contributed by atoms with Gasteiger partial charge in [-0.1, -0.05) is 32.3 Å². The molecule has 0 fully saturated rings. The minimum Gasteiger partial charge on any atom is -0.478 e. The van der Waals surface area contributed by atoms with Crippen LogP contribution in [0.4, 0.5) is 0 Å². The summed E-state index contributed by atoms with van der Waals surface area (Å²) in [6, 6.07) is 6.95. The Labute approximate surface area is 102 Å². The van der Waals surface area contributed by atoms with Crippen LogP contribution >= 0.6 is 0 Å². The first kappa shape index (κ1) is 13.2. The smallest absolute Gasteiger partial charge is 0.337 e. The summed E-state index contributed by atoms with van der Waals surface area (Å²) in [6.45, 7) is 2.16. The molecule has 0 aromatic heterocycles. The lowest BCUT2D eigenvalue weighted by Gasteiger charge is -2.04. The van der Waals surface area contributed by atoms with Crippen molar-refractivity contribution in [3.63, 3.8) is 0 Å². The fraction of sp³-hybridized carbons (Fsp3) is 0.429. The predicted molar refractivity (Wildman–Crippen MR) is 66.0 cm³/mol. The van der Waals surface area contributed by atoms with Crippen LogP contribution in [0.1, 0.15) is 54.1 Å². The summed E-state index contributed by atoms with van der Waals surface area (Å²) in [5.41, 5.74) is 1.39. The molecule has 0 atom stereocenters. The minimum absolute atomic E-state index is 0.0878. The second kappa shape index (κ2) is 6.70. The molecule has 0 aliphatic heterocycles. The van der Waals surface area contributed by atoms with Gasteiger partial charge in [-0.15, -0.1) is 0 Å². The highest BCUT2D eigenvalue weighted by molar-refractivity contribution is 5.90. The molecular formula is C14H17NO2. The Morgan fingerprint density at radius 1 is 1.35 bits per heavy atom. The first-order chi connectivity index (χ1) is 8.19. The van der Waals surface area contributed by atoms with Gasteiger partial charge >= 0.3 is 5.97 Å². The summed E-state index contributed by atoms with van der Waals surface area (Å²) in [4.78, 5) is 10.8. The number of carbonyl (C=O) groups is 1. The Morgan fingerprint density at radius 2 is 2.12 bits per heavy atom. The van der Waals surface area contributed by atoms with Gasteiger partial charge in [-0.3, -0.25) is 0 Å². The van der Waals surface area contributed by atoms with Crippen molar-refractivity contribution in [3.8, 4) is 6.07 Å². The monoisotopic (exact) mass is 231 g/mol. The van der Waals surface area contributed by atoms with Gasteiger partial charge in [0.15, 0.2) is 0 Å². The molecule has 0 radical (unpaired) electrons. The van der Waals surface area contributed by atoms with E-state index in [1.807, 2.05) is 6.07 Å². The molecule has 0 bridgehead atoms. The van der Waals surface area contributed by atoms with Gasteiger partial charge in [0.1, 0.15) is 6.07 Å². The third-order valence-electron chi connectivity index (χ3n) is 2.75. The van der Waals surface area contributed by atoms with Crippen molar-refractivity contribution in [3.05, 3.63) is 34.9 Å². The normalized spacial score (nSPS) is 9.88. The van der Waals surface area contributed by atoms with Crippen LogP contribution in [0.5, 0.6) is 0 Å². The predicted octanol–water partition coefficient (Wildman–Crippen LogP) is 3.38. The summed E-state index contributed by atoms with van der Waals surface area (Å²) in [5.74, 6) is -1.04. The number of unbranched alkanes of at least 4 members (excludes halogenated alkanes) is 3. The number of carboxylic acid groups (broad SMARTS) is 1. The summed E-state index contributed by atoms with van der Waals surface area (Å²) in [7, 11) is 0. The van der Waals surface area contributed by atoms with E-state index in [0.29, 0.717) is 0 Å². The fourth-order valence-corrected chi connectivity index (χ4v) is 1.78. The van der Waals surface area contributed by atoms with Gasteiger partial charge in [-0.2, -0.15) is 5.26 Å². The summed E-state index contributed by atoms with van der Waals surface area (Å²) < 4.78 is 0. The number of hydrogen-bond donors (Lipinski definition) is 1. The van der Waals surface area contributed by atoms with E-state index < -0.39 is 5.97 Å². The Kier molecular flexibility index (Phi) is 5.22. The van der Waals surface area contributed by atoms with Gasteiger partial charge in [0.05, 0.1) is 11.1 Å². The van der Waals surface area contributed by atoms with E-state index in [4.69, 9.17) is 10.4 Å². The Bertz CT molecular complexity index is 432. The summed E-state index contributed by atoms with van der Waals surface area (Å²) in [6.07, 6.45) is 5.60. The maximum absolute atomic E-state index is 10.8. The van der Waals surface area contributed by atoms with Gasteiger partial charge in [0.2, 0.25) is 0 Å². The molecule has 0 aliphatic rings. The number of aryl methyl sites for hydroxylation is 1. The highest BCUT2D eigenvalue weighted by Crippen LogP contribution is 2.14. The lowest BCUT2D eigenvalue weighted by Crippen LogP contribution is -2.01. The van der Waals surface area contributed by atoms with Crippen LogP contribution in [0.2, 0.25) is 0 Å². The van der Waals surface area contributed by atoms with Crippen LogP contribution in [0, 0.1) is 11.3 Å². The number of nitriles is 1. The third kappa shape index (κ3) is 3.92. The third-order valence-corrected chi connectivity index (χ3v) is 2.75. The lowest BCUT2D eigenvalue weighted by molar-refractivity contribution is 0.0696. The molecule has 0 saturated carbocycles. The number of carboxylic acids is 1.